The number of fused-ring (bicyclic) bond motifs is 1. The predicted octanol–water partition coefficient (Wildman–Crippen LogP) is 4.05. The van der Waals surface area contributed by atoms with E-state index in [4.69, 9.17) is 0 Å². The monoisotopic (exact) mass is 369 g/mol. The summed E-state index contributed by atoms with van der Waals surface area (Å²) >= 11 is 0. The highest BCUT2D eigenvalue weighted by molar-refractivity contribution is 6.06. The molecule has 2 aromatic carbocycles. The summed E-state index contributed by atoms with van der Waals surface area (Å²) in [7, 11) is 0. The molecule has 0 saturated carbocycles. The van der Waals surface area contributed by atoms with Crippen molar-refractivity contribution in [2.75, 3.05) is 0 Å². The zero-order valence-corrected chi connectivity index (χ0v) is 14.5. The minimum atomic E-state index is -2.88. The summed E-state index contributed by atoms with van der Waals surface area (Å²) in [5.41, 5.74) is 8.30. The Hall–Kier alpha value is -3.48. The van der Waals surface area contributed by atoms with E-state index in [0.29, 0.717) is 16.8 Å². The van der Waals surface area contributed by atoms with Crippen molar-refractivity contribution in [2.45, 2.75) is 13.5 Å². The Morgan fingerprint density at radius 1 is 1.11 bits per heavy atom. The number of carbonyl (C=O) groups is 1. The van der Waals surface area contributed by atoms with Crippen LogP contribution in [-0.4, -0.2) is 17.5 Å². The van der Waals surface area contributed by atoms with Crippen LogP contribution < -0.4 is 15.6 Å². The number of rotatable bonds is 6. The van der Waals surface area contributed by atoms with Crippen LogP contribution in [0.2, 0.25) is 0 Å². The summed E-state index contributed by atoms with van der Waals surface area (Å²) < 4.78 is 28.7. The van der Waals surface area contributed by atoms with Crippen LogP contribution in [0, 0.1) is 6.92 Å². The molecule has 0 atom stereocenters. The number of alkyl halides is 2. The molecule has 1 aromatic heterocycles. The zero-order valence-electron chi connectivity index (χ0n) is 14.5. The van der Waals surface area contributed by atoms with Crippen molar-refractivity contribution in [3.05, 3.63) is 78.0 Å². The number of pyridine rings is 1. The summed E-state index contributed by atoms with van der Waals surface area (Å²) in [6, 6.07) is 15.0. The Labute approximate surface area is 154 Å². The number of aryl methyl sites for hydroxylation is 1. The van der Waals surface area contributed by atoms with Gasteiger partial charge in [0.2, 0.25) is 0 Å². The van der Waals surface area contributed by atoms with Gasteiger partial charge in [0.25, 0.3) is 5.91 Å². The summed E-state index contributed by atoms with van der Waals surface area (Å²) in [5, 5.41) is 0.738. The lowest BCUT2D eigenvalue weighted by Gasteiger charge is -2.13. The number of para-hydroxylation sites is 1. The van der Waals surface area contributed by atoms with Gasteiger partial charge in [0.1, 0.15) is 5.75 Å². The van der Waals surface area contributed by atoms with Gasteiger partial charge in [-0.2, -0.15) is 8.78 Å². The third kappa shape index (κ3) is 4.38. The average molecular weight is 369 g/mol. The molecule has 0 bridgehead atoms. The molecule has 3 aromatic rings. The predicted molar refractivity (Wildman–Crippen MR) is 99.2 cm³/mol. The van der Waals surface area contributed by atoms with Crippen molar-refractivity contribution in [3.8, 4) is 5.75 Å². The van der Waals surface area contributed by atoms with Crippen LogP contribution in [0.25, 0.3) is 16.6 Å². The van der Waals surface area contributed by atoms with Gasteiger partial charge in [-0.25, -0.2) is 0 Å². The number of ether oxygens (including phenoxy) is 1. The second-order valence-corrected chi connectivity index (χ2v) is 5.79. The number of nitrogens with zero attached hydrogens (tertiary/aromatic N) is 1. The fraction of sp³-hybridized carbons (Fsp3) is 0.100. The molecule has 0 radical (unpaired) electrons. The van der Waals surface area contributed by atoms with E-state index in [2.05, 4.69) is 27.2 Å². The highest BCUT2D eigenvalue weighted by Crippen LogP contribution is 2.19. The molecule has 1 amide bonds. The zero-order chi connectivity index (χ0) is 19.4. The van der Waals surface area contributed by atoms with Crippen LogP contribution >= 0.6 is 0 Å². The highest BCUT2D eigenvalue weighted by atomic mass is 19.3. The first-order valence-electron chi connectivity index (χ1n) is 8.11. The first-order valence-corrected chi connectivity index (χ1v) is 8.11. The average Bonchev–Trinajstić information content (AvgIpc) is 2.65. The minimum Gasteiger partial charge on any atom is -0.435 e. The topological polar surface area (TPSA) is 63.2 Å². The fourth-order valence-corrected chi connectivity index (χ4v) is 2.60. The molecule has 0 aliphatic carbocycles. The van der Waals surface area contributed by atoms with Gasteiger partial charge >= 0.3 is 6.61 Å². The maximum absolute atomic E-state index is 12.6. The largest absolute Gasteiger partial charge is 0.435 e. The molecular formula is C20H17F2N3O2. The van der Waals surface area contributed by atoms with Gasteiger partial charge < -0.3 is 4.74 Å². The van der Waals surface area contributed by atoms with E-state index in [-0.39, 0.29) is 11.7 Å². The second kappa shape index (κ2) is 7.82. The van der Waals surface area contributed by atoms with E-state index < -0.39 is 6.61 Å². The summed E-state index contributed by atoms with van der Waals surface area (Å²) in [5.74, 6) is -0.292. The van der Waals surface area contributed by atoms with Gasteiger partial charge in [-0.15, -0.1) is 0 Å². The molecule has 0 aliphatic rings. The molecule has 0 spiro atoms. The van der Waals surface area contributed by atoms with E-state index in [0.717, 1.165) is 16.6 Å². The maximum Gasteiger partial charge on any atom is 0.387 e. The third-order valence-corrected chi connectivity index (χ3v) is 3.84. The van der Waals surface area contributed by atoms with Crippen molar-refractivity contribution in [1.82, 2.24) is 15.8 Å². The Balaban J connectivity index is 1.70. The number of carbonyl (C=O) groups excluding carboxylic acids is 1. The molecule has 138 valence electrons. The number of nitrogens with one attached hydrogen (secondary N) is 2. The normalized spacial score (nSPS) is 10.7. The van der Waals surface area contributed by atoms with Crippen molar-refractivity contribution in [3.63, 3.8) is 0 Å². The lowest BCUT2D eigenvalue weighted by Crippen LogP contribution is -2.36. The third-order valence-electron chi connectivity index (χ3n) is 3.84. The number of hydrogen-bond donors (Lipinski definition) is 2. The van der Waals surface area contributed by atoms with Crippen LogP contribution in [-0.2, 0) is 0 Å². The summed E-state index contributed by atoms with van der Waals surface area (Å²) in [6.07, 6.45) is 0. The molecule has 5 nitrogen and oxygen atoms in total. The van der Waals surface area contributed by atoms with Crippen LogP contribution in [0.3, 0.4) is 0 Å². The van der Waals surface area contributed by atoms with E-state index in [9.17, 15) is 13.6 Å². The van der Waals surface area contributed by atoms with Crippen LogP contribution in [0.4, 0.5) is 8.78 Å². The Morgan fingerprint density at radius 3 is 2.52 bits per heavy atom. The van der Waals surface area contributed by atoms with Gasteiger partial charge in [-0.05, 0) is 48.9 Å². The number of hydrogen-bond acceptors (Lipinski definition) is 4. The molecule has 3 rings (SSSR count). The van der Waals surface area contributed by atoms with Crippen molar-refractivity contribution < 1.29 is 18.3 Å². The first kappa shape index (κ1) is 18.3. The molecule has 7 heteroatoms. The fourth-order valence-electron chi connectivity index (χ4n) is 2.60. The van der Waals surface area contributed by atoms with Gasteiger partial charge in [0.05, 0.1) is 16.8 Å². The molecule has 2 N–H and O–H groups in total. The highest BCUT2D eigenvalue weighted by Gasteiger charge is 2.12. The Bertz CT molecular complexity index is 988. The van der Waals surface area contributed by atoms with E-state index in [1.165, 1.54) is 12.1 Å². The second-order valence-electron chi connectivity index (χ2n) is 5.79. The lowest BCUT2D eigenvalue weighted by atomic mass is 10.1. The standard InChI is InChI=1S/C20H17F2N3O2/c1-12-11-17(16-5-3-4-6-18(16)23-12)19(26)25-24-13(2)14-7-9-15(10-8-14)27-20(21)22/h3-11,20,24H,2H2,1H3,(H,25,26). The minimum absolute atomic E-state index is 0.0457. The van der Waals surface area contributed by atoms with Crippen LogP contribution in [0.5, 0.6) is 5.75 Å². The van der Waals surface area contributed by atoms with Crippen molar-refractivity contribution in [1.29, 1.82) is 0 Å². The number of benzene rings is 2. The van der Waals surface area contributed by atoms with Gasteiger partial charge in [-0.1, -0.05) is 24.8 Å². The first-order chi connectivity index (χ1) is 12.9. The van der Waals surface area contributed by atoms with Crippen molar-refractivity contribution in [2.24, 2.45) is 0 Å². The van der Waals surface area contributed by atoms with Crippen molar-refractivity contribution >= 4 is 22.5 Å². The molecule has 0 saturated heterocycles. The van der Waals surface area contributed by atoms with Crippen LogP contribution in [0.15, 0.2) is 61.2 Å². The molecular weight excluding hydrogens is 352 g/mol. The Morgan fingerprint density at radius 2 is 1.81 bits per heavy atom. The van der Waals surface area contributed by atoms with Gasteiger partial charge in [0, 0.05) is 11.1 Å². The quantitative estimate of drug-likeness (QED) is 0.644. The Kier molecular flexibility index (Phi) is 5.30. The molecule has 27 heavy (non-hydrogen) atoms. The van der Waals surface area contributed by atoms with Crippen LogP contribution in [0.1, 0.15) is 21.6 Å². The summed E-state index contributed by atoms with van der Waals surface area (Å²) in [4.78, 5) is 17.0. The number of hydrazine groups is 1. The smallest absolute Gasteiger partial charge is 0.387 e. The van der Waals surface area contributed by atoms with Gasteiger partial charge in [0.15, 0.2) is 0 Å². The van der Waals surface area contributed by atoms with E-state index in [1.807, 2.05) is 31.2 Å². The number of amides is 1. The SMILES string of the molecule is C=C(NNC(=O)c1cc(C)nc2ccccc12)c1ccc(OC(F)F)cc1. The lowest BCUT2D eigenvalue weighted by molar-refractivity contribution is -0.0498. The van der Waals surface area contributed by atoms with E-state index >= 15 is 0 Å². The number of halogens is 2. The maximum atomic E-state index is 12.6. The summed E-state index contributed by atoms with van der Waals surface area (Å²) in [6.45, 7) is 2.77. The van der Waals surface area contributed by atoms with E-state index in [1.54, 1.807) is 18.2 Å². The van der Waals surface area contributed by atoms with Gasteiger partial charge in [-0.3, -0.25) is 20.6 Å². The molecule has 0 unspecified atom stereocenters. The molecule has 1 heterocycles. The molecule has 0 fully saturated rings. The number of aromatic nitrogens is 1. The molecule has 0 aliphatic heterocycles.